The van der Waals surface area contributed by atoms with E-state index in [9.17, 15) is 9.59 Å². The summed E-state index contributed by atoms with van der Waals surface area (Å²) in [4.78, 5) is 28.0. The highest BCUT2D eigenvalue weighted by atomic mass is 16.4. The van der Waals surface area contributed by atoms with Crippen molar-refractivity contribution in [1.29, 1.82) is 0 Å². The second-order valence-electron chi connectivity index (χ2n) is 4.34. The van der Waals surface area contributed by atoms with Crippen LogP contribution < -0.4 is 5.32 Å². The summed E-state index contributed by atoms with van der Waals surface area (Å²) in [5.74, 6) is -1.19. The van der Waals surface area contributed by atoms with E-state index in [-0.39, 0.29) is 24.0 Å². The largest absolute Gasteiger partial charge is 0.476 e. The van der Waals surface area contributed by atoms with E-state index in [4.69, 9.17) is 10.2 Å². The highest BCUT2D eigenvalue weighted by Crippen LogP contribution is 2.12. The monoisotopic (exact) mass is 281 g/mol. The number of carbonyl (C=O) groups excluding carboxylic acids is 1. The SMILES string of the molecule is CN(CCCCCO)C(=O)Nc1cccnc1C(=O)O. The van der Waals surface area contributed by atoms with Gasteiger partial charge in [0.1, 0.15) is 0 Å². The first kappa shape index (κ1) is 15.9. The van der Waals surface area contributed by atoms with E-state index in [1.165, 1.54) is 17.2 Å². The molecule has 0 unspecified atom stereocenters. The number of rotatable bonds is 7. The highest BCUT2D eigenvalue weighted by Gasteiger charge is 2.15. The van der Waals surface area contributed by atoms with Crippen LogP contribution in [0.1, 0.15) is 29.8 Å². The first-order chi connectivity index (χ1) is 9.56. The number of urea groups is 1. The number of unbranched alkanes of at least 4 members (excludes halogenated alkanes) is 2. The normalized spacial score (nSPS) is 10.1. The van der Waals surface area contributed by atoms with Gasteiger partial charge in [0.2, 0.25) is 0 Å². The van der Waals surface area contributed by atoms with Crippen molar-refractivity contribution in [3.8, 4) is 0 Å². The number of carboxylic acid groups (broad SMARTS) is 1. The number of nitrogens with one attached hydrogen (secondary N) is 1. The third-order valence-electron chi connectivity index (χ3n) is 2.75. The summed E-state index contributed by atoms with van der Waals surface area (Å²) in [7, 11) is 1.63. The molecular formula is C13H19N3O4. The second kappa shape index (κ2) is 8.11. The first-order valence-electron chi connectivity index (χ1n) is 6.37. The van der Waals surface area contributed by atoms with Crippen LogP contribution in [0.15, 0.2) is 18.3 Å². The van der Waals surface area contributed by atoms with Crippen LogP contribution in [0.3, 0.4) is 0 Å². The van der Waals surface area contributed by atoms with Gasteiger partial charge in [-0.2, -0.15) is 0 Å². The van der Waals surface area contributed by atoms with E-state index in [0.717, 1.165) is 12.8 Å². The molecule has 7 nitrogen and oxygen atoms in total. The predicted octanol–water partition coefficient (Wildman–Crippen LogP) is 1.41. The second-order valence-corrected chi connectivity index (χ2v) is 4.34. The number of anilines is 1. The molecule has 0 radical (unpaired) electrons. The molecule has 3 N–H and O–H groups in total. The lowest BCUT2D eigenvalue weighted by molar-refractivity contribution is 0.0691. The number of hydrogen-bond donors (Lipinski definition) is 3. The van der Waals surface area contributed by atoms with Gasteiger partial charge in [-0.3, -0.25) is 0 Å². The molecule has 2 amide bonds. The Bertz CT molecular complexity index is 465. The number of amides is 2. The van der Waals surface area contributed by atoms with E-state index >= 15 is 0 Å². The number of aromatic nitrogens is 1. The van der Waals surface area contributed by atoms with Gasteiger partial charge in [0.25, 0.3) is 0 Å². The molecule has 1 rings (SSSR count). The van der Waals surface area contributed by atoms with E-state index in [0.29, 0.717) is 13.0 Å². The van der Waals surface area contributed by atoms with Gasteiger partial charge in [-0.15, -0.1) is 0 Å². The maximum Gasteiger partial charge on any atom is 0.356 e. The Morgan fingerprint density at radius 1 is 1.35 bits per heavy atom. The van der Waals surface area contributed by atoms with E-state index in [2.05, 4.69) is 10.3 Å². The molecule has 20 heavy (non-hydrogen) atoms. The molecule has 110 valence electrons. The molecule has 0 aliphatic heterocycles. The summed E-state index contributed by atoms with van der Waals surface area (Å²) in [5.41, 5.74) is -0.0123. The number of aliphatic hydroxyl groups is 1. The third kappa shape index (κ3) is 4.85. The number of pyridine rings is 1. The molecule has 1 aromatic heterocycles. The van der Waals surface area contributed by atoms with Gasteiger partial charge in [-0.05, 0) is 31.4 Å². The maximum atomic E-state index is 11.9. The number of carboxylic acids is 1. The molecule has 0 saturated heterocycles. The topological polar surface area (TPSA) is 103 Å². The smallest absolute Gasteiger partial charge is 0.356 e. The molecule has 0 atom stereocenters. The quantitative estimate of drug-likeness (QED) is 0.656. The average Bonchev–Trinajstić information content (AvgIpc) is 2.43. The Morgan fingerprint density at radius 2 is 2.10 bits per heavy atom. The number of aromatic carboxylic acids is 1. The summed E-state index contributed by atoms with van der Waals surface area (Å²) in [6, 6.07) is 2.67. The molecule has 0 bridgehead atoms. The van der Waals surface area contributed by atoms with Crippen LogP contribution in [0, 0.1) is 0 Å². The van der Waals surface area contributed by atoms with E-state index in [1.54, 1.807) is 13.1 Å². The van der Waals surface area contributed by atoms with Crippen molar-refractivity contribution in [1.82, 2.24) is 9.88 Å². The van der Waals surface area contributed by atoms with Gasteiger partial charge in [0.05, 0.1) is 5.69 Å². The van der Waals surface area contributed by atoms with Crippen LogP contribution in [0.25, 0.3) is 0 Å². The van der Waals surface area contributed by atoms with Gasteiger partial charge in [-0.25, -0.2) is 14.6 Å². The zero-order valence-electron chi connectivity index (χ0n) is 11.4. The lowest BCUT2D eigenvalue weighted by Gasteiger charge is -2.18. The van der Waals surface area contributed by atoms with Crippen molar-refractivity contribution >= 4 is 17.7 Å². The summed E-state index contributed by atoms with van der Waals surface area (Å²) in [6.07, 6.45) is 3.68. The lowest BCUT2D eigenvalue weighted by Crippen LogP contribution is -2.32. The van der Waals surface area contributed by atoms with Crippen molar-refractivity contribution in [2.75, 3.05) is 25.5 Å². The third-order valence-corrected chi connectivity index (χ3v) is 2.75. The molecular weight excluding hydrogens is 262 g/mol. The van der Waals surface area contributed by atoms with E-state index in [1.807, 2.05) is 0 Å². The molecule has 0 aliphatic rings. The van der Waals surface area contributed by atoms with Crippen LogP contribution in [-0.4, -0.2) is 52.3 Å². The molecule has 0 saturated carbocycles. The standard InChI is InChI=1S/C13H19N3O4/c1-16(8-3-2-4-9-17)13(20)15-10-6-5-7-14-11(10)12(18)19/h5-7,17H,2-4,8-9H2,1H3,(H,15,20)(H,18,19). The van der Waals surface area contributed by atoms with Gasteiger partial charge < -0.3 is 20.4 Å². The number of hydrogen-bond acceptors (Lipinski definition) is 4. The molecule has 0 spiro atoms. The fraction of sp³-hybridized carbons (Fsp3) is 0.462. The van der Waals surface area contributed by atoms with Crippen molar-refractivity contribution in [3.63, 3.8) is 0 Å². The summed E-state index contributed by atoms with van der Waals surface area (Å²) in [5, 5.41) is 20.2. The zero-order chi connectivity index (χ0) is 15.0. The van der Waals surface area contributed by atoms with Gasteiger partial charge in [0, 0.05) is 26.4 Å². The van der Waals surface area contributed by atoms with Crippen molar-refractivity contribution in [3.05, 3.63) is 24.0 Å². The number of carbonyl (C=O) groups is 2. The summed E-state index contributed by atoms with van der Waals surface area (Å²) < 4.78 is 0. The molecule has 1 aromatic rings. The minimum atomic E-state index is -1.19. The first-order valence-corrected chi connectivity index (χ1v) is 6.37. The Hall–Kier alpha value is -2.15. The molecule has 7 heteroatoms. The van der Waals surface area contributed by atoms with Crippen molar-refractivity contribution < 1.29 is 19.8 Å². The van der Waals surface area contributed by atoms with Crippen molar-refractivity contribution in [2.24, 2.45) is 0 Å². The minimum Gasteiger partial charge on any atom is -0.476 e. The highest BCUT2D eigenvalue weighted by molar-refractivity contribution is 5.98. The van der Waals surface area contributed by atoms with Crippen LogP contribution in [0.5, 0.6) is 0 Å². The average molecular weight is 281 g/mol. The van der Waals surface area contributed by atoms with Gasteiger partial charge in [-0.1, -0.05) is 0 Å². The lowest BCUT2D eigenvalue weighted by atomic mass is 10.2. The molecule has 0 fully saturated rings. The Balaban J connectivity index is 2.55. The molecule has 1 heterocycles. The summed E-state index contributed by atoms with van der Waals surface area (Å²) >= 11 is 0. The fourth-order valence-corrected chi connectivity index (χ4v) is 1.63. The van der Waals surface area contributed by atoms with E-state index < -0.39 is 5.97 Å². The fourth-order valence-electron chi connectivity index (χ4n) is 1.63. The van der Waals surface area contributed by atoms with Gasteiger partial charge in [0.15, 0.2) is 5.69 Å². The van der Waals surface area contributed by atoms with Crippen molar-refractivity contribution in [2.45, 2.75) is 19.3 Å². The maximum absolute atomic E-state index is 11.9. The van der Waals surface area contributed by atoms with Crippen LogP contribution in [0.2, 0.25) is 0 Å². The Labute approximate surface area is 117 Å². The van der Waals surface area contributed by atoms with Crippen LogP contribution in [-0.2, 0) is 0 Å². The molecule has 0 aliphatic carbocycles. The van der Waals surface area contributed by atoms with Gasteiger partial charge >= 0.3 is 12.0 Å². The molecule has 0 aromatic carbocycles. The van der Waals surface area contributed by atoms with Crippen LogP contribution in [0.4, 0.5) is 10.5 Å². The zero-order valence-corrected chi connectivity index (χ0v) is 11.4. The predicted molar refractivity (Wildman–Crippen MR) is 73.8 cm³/mol. The van der Waals surface area contributed by atoms with Crippen LogP contribution >= 0.6 is 0 Å². The Kier molecular flexibility index (Phi) is 6.45. The number of aliphatic hydroxyl groups excluding tert-OH is 1. The minimum absolute atomic E-state index is 0.146. The summed E-state index contributed by atoms with van der Waals surface area (Å²) in [6.45, 7) is 0.683. The Morgan fingerprint density at radius 3 is 2.75 bits per heavy atom. The number of nitrogens with zero attached hydrogens (tertiary/aromatic N) is 2.